The third kappa shape index (κ3) is 28.2. The van der Waals surface area contributed by atoms with Gasteiger partial charge < -0.3 is 45.0 Å². The molecule has 0 spiro atoms. The number of anilines is 4. The van der Waals surface area contributed by atoms with E-state index >= 15 is 0 Å². The molecule has 4 N–H and O–H groups in total. The number of aryl methyl sites for hydroxylation is 1. The topological polar surface area (TPSA) is 249 Å². The Morgan fingerprint density at radius 3 is 1.01 bits per heavy atom. The van der Waals surface area contributed by atoms with Gasteiger partial charge in [0.15, 0.2) is 0 Å². The summed E-state index contributed by atoms with van der Waals surface area (Å²) in [6, 6.07) is 53.1. The number of hydrogen-bond acceptors (Lipinski definition) is 17. The zero-order valence-electron chi connectivity index (χ0n) is 67.3. The van der Waals surface area contributed by atoms with Gasteiger partial charge in [-0.05, 0) is 184 Å². The van der Waals surface area contributed by atoms with Crippen molar-refractivity contribution in [1.29, 1.82) is 0 Å². The van der Waals surface area contributed by atoms with Crippen LogP contribution in [0.1, 0.15) is 248 Å². The molecule has 0 saturated heterocycles. The first kappa shape index (κ1) is 86.4. The van der Waals surface area contributed by atoms with E-state index < -0.39 is 4.92 Å². The van der Waals surface area contributed by atoms with Gasteiger partial charge in [-0.15, -0.1) is 0 Å². The molecule has 0 unspecified atom stereocenters. The van der Waals surface area contributed by atoms with Crippen molar-refractivity contribution >= 4 is 58.0 Å². The van der Waals surface area contributed by atoms with E-state index in [1.807, 2.05) is 92.7 Å². The lowest BCUT2D eigenvalue weighted by atomic mass is 9.84. The molecule has 4 fully saturated rings. The van der Waals surface area contributed by atoms with E-state index in [1.165, 1.54) is 174 Å². The summed E-state index contributed by atoms with van der Waals surface area (Å²) < 4.78 is 26.0. The van der Waals surface area contributed by atoms with Gasteiger partial charge in [0, 0.05) is 72.7 Å². The average Bonchev–Trinajstić information content (AvgIpc) is 0.849. The van der Waals surface area contributed by atoms with Gasteiger partial charge in [0.05, 0.1) is 65.6 Å². The molecule has 0 atom stereocenters. The van der Waals surface area contributed by atoms with Crippen LogP contribution in [0, 0.1) is 50.8 Å². The zero-order valence-corrected chi connectivity index (χ0v) is 67.3. The van der Waals surface area contributed by atoms with Crippen molar-refractivity contribution in [3.05, 3.63) is 262 Å². The van der Waals surface area contributed by atoms with Crippen LogP contribution >= 0.6 is 0 Å². The minimum atomic E-state index is -0.400. The monoisotopic (exact) mass is 1540 g/mol. The number of carbonyl (C=O) groups excluding carboxylic acids is 4. The Bertz CT molecular complexity index is 4330. The number of benzene rings is 8. The number of ether oxygens (including phenoxy) is 5. The number of para-hydroxylation sites is 1. The molecule has 4 saturated carbocycles. The van der Waals surface area contributed by atoms with E-state index in [2.05, 4.69) is 70.7 Å². The fourth-order valence-corrected chi connectivity index (χ4v) is 15.7. The second-order valence-electron chi connectivity index (χ2n) is 30.3. The van der Waals surface area contributed by atoms with Crippen LogP contribution in [-0.2, 0) is 70.8 Å². The summed E-state index contributed by atoms with van der Waals surface area (Å²) in [6.45, 7) is 13.1. The Hall–Kier alpha value is -10.6. The van der Waals surface area contributed by atoms with Crippen LogP contribution in [0.3, 0.4) is 0 Å². The highest BCUT2D eigenvalue weighted by molar-refractivity contribution is 5.93. The second-order valence-corrected chi connectivity index (χ2v) is 30.3. The third-order valence-electron chi connectivity index (χ3n) is 21.9. The number of esters is 4. The van der Waals surface area contributed by atoms with Crippen LogP contribution < -0.4 is 26.0 Å². The Morgan fingerprint density at radius 2 is 0.681 bits per heavy atom. The fraction of sp³-hybridized carbons (Fsp3) is 0.447. The van der Waals surface area contributed by atoms with Crippen LogP contribution in [0.4, 0.5) is 34.1 Å². The number of rotatable bonds is 31. The van der Waals surface area contributed by atoms with E-state index in [4.69, 9.17) is 23.7 Å². The number of nitrogens with one attached hydrogen (secondary N) is 4. The summed E-state index contributed by atoms with van der Waals surface area (Å²) in [5.41, 5.74) is 16.4. The Labute approximate surface area is 668 Å². The predicted molar refractivity (Wildman–Crippen MR) is 450 cm³/mol. The quantitative estimate of drug-likeness (QED) is 0.0136. The van der Waals surface area contributed by atoms with Gasteiger partial charge in [-0.2, -0.15) is 0 Å². The van der Waals surface area contributed by atoms with Crippen LogP contribution in [0.5, 0.6) is 5.75 Å². The normalized spacial score (nSPS) is 14.5. The molecule has 0 aromatic heterocycles. The van der Waals surface area contributed by atoms with Crippen LogP contribution in [0.15, 0.2) is 170 Å². The first-order valence-corrected chi connectivity index (χ1v) is 41.3. The molecule has 19 nitrogen and oxygen atoms in total. The Balaban J connectivity index is 0.000000173. The highest BCUT2D eigenvalue weighted by atomic mass is 16.6. The fourth-order valence-electron chi connectivity index (χ4n) is 15.7. The molecule has 0 aliphatic heterocycles. The maximum Gasteiger partial charge on any atom is 0.338 e. The summed E-state index contributed by atoms with van der Waals surface area (Å²) >= 11 is 0. The van der Waals surface area contributed by atoms with Crippen molar-refractivity contribution in [2.45, 2.75) is 215 Å². The molecule has 0 bridgehead atoms. The van der Waals surface area contributed by atoms with E-state index in [-0.39, 0.29) is 40.2 Å². The first-order chi connectivity index (χ1) is 55.0. The molecule has 0 amide bonds. The summed E-state index contributed by atoms with van der Waals surface area (Å²) in [6.07, 6.45) is 30.1. The molecule has 0 radical (unpaired) electrons. The average molecular weight is 1540 g/mol. The molecule has 19 heteroatoms. The van der Waals surface area contributed by atoms with Crippen molar-refractivity contribution in [2.75, 3.05) is 54.8 Å². The van der Waals surface area contributed by atoms with Gasteiger partial charge in [0.1, 0.15) is 5.75 Å². The van der Waals surface area contributed by atoms with Gasteiger partial charge >= 0.3 is 23.9 Å². The van der Waals surface area contributed by atoms with Crippen LogP contribution in [0.2, 0.25) is 0 Å². The van der Waals surface area contributed by atoms with E-state index in [1.54, 1.807) is 51.3 Å². The Morgan fingerprint density at radius 1 is 0.354 bits per heavy atom. The third-order valence-corrected chi connectivity index (χ3v) is 21.9. The summed E-state index contributed by atoms with van der Waals surface area (Å²) in [4.78, 5) is 70.0. The van der Waals surface area contributed by atoms with Gasteiger partial charge in [-0.1, -0.05) is 225 Å². The van der Waals surface area contributed by atoms with Crippen molar-refractivity contribution in [2.24, 2.45) is 23.7 Å². The molecule has 0 heterocycles. The summed E-state index contributed by atoms with van der Waals surface area (Å²) in [7, 11) is 1.68. The molecule has 113 heavy (non-hydrogen) atoms. The van der Waals surface area contributed by atoms with E-state index in [9.17, 15) is 39.4 Å². The molecule has 12 rings (SSSR count). The van der Waals surface area contributed by atoms with E-state index in [0.717, 1.165) is 89.3 Å². The predicted octanol–water partition coefficient (Wildman–Crippen LogP) is 22.5. The Kier molecular flexibility index (Phi) is 35.5. The smallest absolute Gasteiger partial charge is 0.338 e. The summed E-state index contributed by atoms with van der Waals surface area (Å²) in [5, 5.41) is 36.0. The zero-order chi connectivity index (χ0) is 80.1. The number of methoxy groups -OCH3 is 1. The van der Waals surface area contributed by atoms with Crippen molar-refractivity contribution in [3.8, 4) is 5.75 Å². The molecule has 602 valence electrons. The largest absolute Gasteiger partial charge is 0.497 e. The van der Waals surface area contributed by atoms with Crippen molar-refractivity contribution in [1.82, 2.24) is 0 Å². The molecule has 8 aromatic rings. The van der Waals surface area contributed by atoms with Gasteiger partial charge in [0.25, 0.3) is 11.4 Å². The van der Waals surface area contributed by atoms with Crippen molar-refractivity contribution < 1.29 is 52.7 Å². The van der Waals surface area contributed by atoms with Gasteiger partial charge in [-0.3, -0.25) is 20.2 Å². The highest BCUT2D eigenvalue weighted by Crippen LogP contribution is 2.36. The number of non-ortho nitro benzene ring substituents is 1. The lowest BCUT2D eigenvalue weighted by molar-refractivity contribution is -0.385. The lowest BCUT2D eigenvalue weighted by Gasteiger charge is -2.23. The lowest BCUT2D eigenvalue weighted by Crippen LogP contribution is -2.13. The molecular weight excluding hydrogens is 1420 g/mol. The van der Waals surface area contributed by atoms with E-state index in [0.29, 0.717) is 85.7 Å². The molecule has 4 aliphatic rings. The molecule has 8 aromatic carbocycles. The second kappa shape index (κ2) is 46.4. The number of carbonyl (C=O) groups is 4. The molecular formula is C94H118N6O13. The number of nitrogens with zero attached hydrogens (tertiary/aromatic N) is 2. The number of nitro benzene ring substituents is 2. The first-order valence-electron chi connectivity index (χ1n) is 41.3. The maximum atomic E-state index is 12.2. The standard InChI is InChI=1S/C24H31NO3.C24H31NO2.2C23H28N2O4/c1-3-28-24(26)21-13-12-20(14-18-8-5-4-6-9-18)23(16-21)25-17-19-10-7-11-22(15-19)27-2;1-3-27-24(26)22-14-13-21(15-19-7-5-4-6-8-19)23(16-22)25-17-20-11-9-18(2)10-12-20;1-2-29-23(26)19-13-12-18(14-17-8-4-3-5-9-17)21(15-19)24-16-20-10-6-7-11-22(20)25(27)28;1-2-29-23(26)20-11-10-19(14-17-6-4-3-5-7-17)22(15-20)24-16-18-8-12-21(13-9-18)25(27)28/h7,10-13,15-16,18,25H,3-6,8-9,14,17H2,1-2H3;9-14,16,19,25H,3-8,15,17H2,1-2H3;6-7,10-13,15,17,24H,2-5,8-9,14,16H2,1H3;8-13,15,17,24H,2-7,14,16H2,1H3. The van der Waals surface area contributed by atoms with Crippen LogP contribution in [0.25, 0.3) is 0 Å². The summed E-state index contributed by atoms with van der Waals surface area (Å²) in [5.74, 6) is 2.46. The molecule has 4 aliphatic carbocycles. The minimum Gasteiger partial charge on any atom is -0.497 e. The van der Waals surface area contributed by atoms with Crippen molar-refractivity contribution in [3.63, 3.8) is 0 Å². The van der Waals surface area contributed by atoms with Gasteiger partial charge in [0.2, 0.25) is 0 Å². The number of nitro groups is 2. The highest BCUT2D eigenvalue weighted by Gasteiger charge is 2.24. The minimum absolute atomic E-state index is 0.0797. The maximum absolute atomic E-state index is 12.2. The van der Waals surface area contributed by atoms with Gasteiger partial charge in [-0.25, -0.2) is 19.2 Å². The SMILES string of the molecule is CCOC(=O)c1ccc(CC2CCCCC2)c(NCc2ccc(C)cc2)c1.CCOC(=O)c1ccc(CC2CCCCC2)c(NCc2ccc([N+](=O)[O-])cc2)c1.CCOC(=O)c1ccc(CC2CCCCC2)c(NCc2cccc(OC)c2)c1.CCOC(=O)c1ccc(CC2CCCCC2)c(NCc2ccccc2[N+](=O)[O-])c1. The van der Waals surface area contributed by atoms with Crippen LogP contribution in [-0.4, -0.2) is 67.3 Å². The number of hydrogen-bond donors (Lipinski definition) is 4.